The molecule has 1 amide bonds. The summed E-state index contributed by atoms with van der Waals surface area (Å²) in [5.74, 6) is 0.131. The fourth-order valence-corrected chi connectivity index (χ4v) is 2.25. The molecule has 0 aromatic carbocycles. The highest BCUT2D eigenvalue weighted by atomic mass is 16.2. The lowest BCUT2D eigenvalue weighted by molar-refractivity contribution is -0.128. The summed E-state index contributed by atoms with van der Waals surface area (Å²) in [6.45, 7) is 1.24. The van der Waals surface area contributed by atoms with Gasteiger partial charge in [0.05, 0.1) is 0 Å². The molecule has 1 atom stereocenters. The SMILES string of the molecule is NC1CC(=O)N(Cc2cnc3[nH]ccc3c2)C1. The molecule has 1 aliphatic heterocycles. The highest BCUT2D eigenvalue weighted by Gasteiger charge is 2.26. The molecule has 3 rings (SSSR count). The molecule has 5 nitrogen and oxygen atoms in total. The molecule has 88 valence electrons. The van der Waals surface area contributed by atoms with Crippen molar-refractivity contribution in [1.29, 1.82) is 0 Å². The van der Waals surface area contributed by atoms with Gasteiger partial charge < -0.3 is 15.6 Å². The largest absolute Gasteiger partial charge is 0.346 e. The first kappa shape index (κ1) is 10.3. The Bertz CT molecular complexity index is 562. The van der Waals surface area contributed by atoms with Gasteiger partial charge in [-0.05, 0) is 17.7 Å². The minimum absolute atomic E-state index is 0.0218. The van der Waals surface area contributed by atoms with E-state index in [1.165, 1.54) is 0 Å². The Kier molecular flexibility index (Phi) is 2.33. The van der Waals surface area contributed by atoms with Gasteiger partial charge in [-0.2, -0.15) is 0 Å². The smallest absolute Gasteiger partial charge is 0.224 e. The second-order valence-electron chi connectivity index (χ2n) is 4.50. The summed E-state index contributed by atoms with van der Waals surface area (Å²) in [6, 6.07) is 4.01. The minimum atomic E-state index is -0.0218. The van der Waals surface area contributed by atoms with Gasteiger partial charge in [-0.15, -0.1) is 0 Å². The molecule has 0 aliphatic carbocycles. The third-order valence-corrected chi connectivity index (χ3v) is 3.07. The number of nitrogens with zero attached hydrogens (tertiary/aromatic N) is 2. The molecule has 2 aromatic rings. The summed E-state index contributed by atoms with van der Waals surface area (Å²) >= 11 is 0. The normalized spacial score (nSPS) is 20.4. The third kappa shape index (κ3) is 1.89. The lowest BCUT2D eigenvalue weighted by Gasteiger charge is -2.15. The maximum atomic E-state index is 11.6. The number of H-pyrrole nitrogens is 1. The molecule has 1 unspecified atom stereocenters. The molecule has 0 spiro atoms. The van der Waals surface area contributed by atoms with Crippen LogP contribution in [0, 0.1) is 0 Å². The number of aromatic amines is 1. The Morgan fingerprint density at radius 1 is 1.59 bits per heavy atom. The van der Waals surface area contributed by atoms with Gasteiger partial charge in [0.15, 0.2) is 0 Å². The van der Waals surface area contributed by atoms with E-state index >= 15 is 0 Å². The van der Waals surface area contributed by atoms with Crippen molar-refractivity contribution in [2.45, 2.75) is 19.0 Å². The fourth-order valence-electron chi connectivity index (χ4n) is 2.25. The number of fused-ring (bicyclic) bond motifs is 1. The first-order valence-corrected chi connectivity index (χ1v) is 5.68. The zero-order valence-electron chi connectivity index (χ0n) is 9.39. The molecule has 0 bridgehead atoms. The number of hydrogen-bond donors (Lipinski definition) is 2. The number of carbonyl (C=O) groups is 1. The summed E-state index contributed by atoms with van der Waals surface area (Å²) in [7, 11) is 0. The lowest BCUT2D eigenvalue weighted by atomic mass is 10.2. The highest BCUT2D eigenvalue weighted by Crippen LogP contribution is 2.16. The van der Waals surface area contributed by atoms with E-state index in [0.717, 1.165) is 16.6 Å². The molecule has 1 saturated heterocycles. The first-order valence-electron chi connectivity index (χ1n) is 5.68. The molecule has 0 saturated carbocycles. The molecule has 3 heterocycles. The van der Waals surface area contributed by atoms with Crippen LogP contribution in [-0.4, -0.2) is 33.4 Å². The van der Waals surface area contributed by atoms with E-state index in [2.05, 4.69) is 16.0 Å². The molecule has 0 radical (unpaired) electrons. The van der Waals surface area contributed by atoms with Crippen molar-refractivity contribution in [3.63, 3.8) is 0 Å². The van der Waals surface area contributed by atoms with Crippen LogP contribution in [0.1, 0.15) is 12.0 Å². The van der Waals surface area contributed by atoms with Crippen molar-refractivity contribution in [3.8, 4) is 0 Å². The Morgan fingerprint density at radius 2 is 2.47 bits per heavy atom. The zero-order valence-corrected chi connectivity index (χ0v) is 9.39. The number of likely N-dealkylation sites (tertiary alicyclic amines) is 1. The van der Waals surface area contributed by atoms with Crippen LogP contribution >= 0.6 is 0 Å². The molecule has 2 aromatic heterocycles. The molecule has 5 heteroatoms. The predicted molar refractivity (Wildman–Crippen MR) is 64.1 cm³/mol. The number of nitrogens with two attached hydrogens (primary N) is 1. The van der Waals surface area contributed by atoms with Gasteiger partial charge in [0.2, 0.25) is 5.91 Å². The molecule has 3 N–H and O–H groups in total. The summed E-state index contributed by atoms with van der Waals surface area (Å²) in [5, 5.41) is 1.07. The van der Waals surface area contributed by atoms with Gasteiger partial charge in [-0.1, -0.05) is 0 Å². The number of rotatable bonds is 2. The van der Waals surface area contributed by atoms with Gasteiger partial charge in [0.25, 0.3) is 0 Å². The summed E-state index contributed by atoms with van der Waals surface area (Å²) in [6.07, 6.45) is 4.12. The Hall–Kier alpha value is -1.88. The van der Waals surface area contributed by atoms with E-state index in [1.54, 1.807) is 11.1 Å². The Labute approximate surface area is 98.6 Å². The number of aromatic nitrogens is 2. The number of pyridine rings is 1. The third-order valence-electron chi connectivity index (χ3n) is 3.07. The lowest BCUT2D eigenvalue weighted by Crippen LogP contribution is -2.27. The summed E-state index contributed by atoms with van der Waals surface area (Å²) < 4.78 is 0. The van der Waals surface area contributed by atoms with E-state index in [-0.39, 0.29) is 11.9 Å². The van der Waals surface area contributed by atoms with E-state index in [0.29, 0.717) is 19.5 Å². The topological polar surface area (TPSA) is 75.0 Å². The Morgan fingerprint density at radius 3 is 3.24 bits per heavy atom. The molecular formula is C12H14N4O. The monoisotopic (exact) mass is 230 g/mol. The van der Waals surface area contributed by atoms with Crippen molar-refractivity contribution in [1.82, 2.24) is 14.9 Å². The highest BCUT2D eigenvalue weighted by molar-refractivity contribution is 5.79. The molecule has 17 heavy (non-hydrogen) atoms. The molecule has 1 fully saturated rings. The fraction of sp³-hybridized carbons (Fsp3) is 0.333. The molecule has 1 aliphatic rings. The first-order chi connectivity index (χ1) is 8.22. The van der Waals surface area contributed by atoms with Gasteiger partial charge in [0.1, 0.15) is 5.65 Å². The average Bonchev–Trinajstić information content (AvgIpc) is 2.85. The van der Waals surface area contributed by atoms with Crippen LogP contribution in [0.3, 0.4) is 0 Å². The van der Waals surface area contributed by atoms with Crippen LogP contribution < -0.4 is 5.73 Å². The van der Waals surface area contributed by atoms with Crippen molar-refractivity contribution in [2.75, 3.05) is 6.54 Å². The summed E-state index contributed by atoms with van der Waals surface area (Å²) in [5.41, 5.74) is 7.67. The van der Waals surface area contributed by atoms with Crippen LogP contribution in [0.4, 0.5) is 0 Å². The van der Waals surface area contributed by atoms with E-state index in [4.69, 9.17) is 5.73 Å². The number of nitrogens with one attached hydrogen (secondary N) is 1. The van der Waals surface area contributed by atoms with Crippen molar-refractivity contribution in [3.05, 3.63) is 30.1 Å². The van der Waals surface area contributed by atoms with E-state index in [1.807, 2.05) is 12.3 Å². The molecular weight excluding hydrogens is 216 g/mol. The van der Waals surface area contributed by atoms with E-state index in [9.17, 15) is 4.79 Å². The Balaban J connectivity index is 1.82. The second kappa shape index (κ2) is 3.85. The van der Waals surface area contributed by atoms with Crippen LogP contribution in [0.2, 0.25) is 0 Å². The average molecular weight is 230 g/mol. The maximum absolute atomic E-state index is 11.6. The number of carbonyl (C=O) groups excluding carboxylic acids is 1. The van der Waals surface area contributed by atoms with Gasteiger partial charge in [0, 0.05) is 43.3 Å². The second-order valence-corrected chi connectivity index (χ2v) is 4.50. The maximum Gasteiger partial charge on any atom is 0.224 e. The van der Waals surface area contributed by atoms with Crippen LogP contribution in [-0.2, 0) is 11.3 Å². The van der Waals surface area contributed by atoms with Gasteiger partial charge in [-0.25, -0.2) is 4.98 Å². The van der Waals surface area contributed by atoms with Crippen molar-refractivity contribution < 1.29 is 4.79 Å². The van der Waals surface area contributed by atoms with Crippen LogP contribution in [0.25, 0.3) is 11.0 Å². The van der Waals surface area contributed by atoms with Crippen LogP contribution in [0.15, 0.2) is 24.5 Å². The number of amides is 1. The van der Waals surface area contributed by atoms with E-state index < -0.39 is 0 Å². The predicted octanol–water partition coefficient (Wildman–Crippen LogP) is 0.622. The van der Waals surface area contributed by atoms with Crippen LogP contribution in [0.5, 0.6) is 0 Å². The van der Waals surface area contributed by atoms with Gasteiger partial charge >= 0.3 is 0 Å². The number of hydrogen-bond acceptors (Lipinski definition) is 3. The van der Waals surface area contributed by atoms with Crippen molar-refractivity contribution in [2.24, 2.45) is 5.73 Å². The quantitative estimate of drug-likeness (QED) is 0.794. The standard InChI is InChI=1S/C12H14N4O/c13-10-4-11(17)16(7-10)6-8-3-9-1-2-14-12(9)15-5-8/h1-3,5,10H,4,6-7,13H2,(H,14,15). The minimum Gasteiger partial charge on any atom is -0.346 e. The van der Waals surface area contributed by atoms with Gasteiger partial charge in [-0.3, -0.25) is 4.79 Å². The zero-order chi connectivity index (χ0) is 11.8. The van der Waals surface area contributed by atoms with Crippen molar-refractivity contribution >= 4 is 16.9 Å². The summed E-state index contributed by atoms with van der Waals surface area (Å²) in [4.78, 5) is 20.8.